The van der Waals surface area contributed by atoms with Gasteiger partial charge in [-0.3, -0.25) is 0 Å². The highest BCUT2D eigenvalue weighted by atomic mass is 35.5. The summed E-state index contributed by atoms with van der Waals surface area (Å²) in [5, 5.41) is 12.4. The van der Waals surface area contributed by atoms with Gasteiger partial charge < -0.3 is 10.1 Å². The first-order chi connectivity index (χ1) is 7.08. The summed E-state index contributed by atoms with van der Waals surface area (Å²) in [5.74, 6) is 0.694. The van der Waals surface area contributed by atoms with Crippen LogP contribution in [0.2, 0.25) is 5.02 Å². The van der Waals surface area contributed by atoms with Gasteiger partial charge in [0.2, 0.25) is 0 Å². The summed E-state index contributed by atoms with van der Waals surface area (Å²) in [6.07, 6.45) is 0. The van der Waals surface area contributed by atoms with E-state index >= 15 is 0 Å². The molecule has 4 heteroatoms. The van der Waals surface area contributed by atoms with Crippen LogP contribution >= 0.6 is 11.6 Å². The first-order valence-corrected chi connectivity index (χ1v) is 4.96. The van der Waals surface area contributed by atoms with Crippen molar-refractivity contribution in [3.05, 3.63) is 22.7 Å². The molecule has 0 heterocycles. The smallest absolute Gasteiger partial charge is 0.142 e. The molecule has 0 amide bonds. The van der Waals surface area contributed by atoms with Crippen LogP contribution in [0.5, 0.6) is 5.75 Å². The molecule has 0 radical (unpaired) electrons. The van der Waals surface area contributed by atoms with Crippen LogP contribution in [0.15, 0.2) is 12.1 Å². The molecule has 0 aromatic heterocycles. The van der Waals surface area contributed by atoms with E-state index in [2.05, 4.69) is 11.4 Å². The van der Waals surface area contributed by atoms with E-state index in [1.807, 2.05) is 13.0 Å². The van der Waals surface area contributed by atoms with Crippen molar-refractivity contribution in [3.63, 3.8) is 0 Å². The molecular weight excluding hydrogens is 212 g/mol. The van der Waals surface area contributed by atoms with Crippen molar-refractivity contribution in [3.8, 4) is 11.8 Å². The molecule has 1 aromatic rings. The number of aryl methyl sites for hydroxylation is 1. The third-order valence-corrected chi connectivity index (χ3v) is 2.45. The number of nitrogens with zero attached hydrogens (tertiary/aromatic N) is 1. The van der Waals surface area contributed by atoms with Gasteiger partial charge in [-0.25, -0.2) is 0 Å². The van der Waals surface area contributed by atoms with Gasteiger partial charge in [0.1, 0.15) is 11.8 Å². The van der Waals surface area contributed by atoms with Gasteiger partial charge in [-0.05, 0) is 31.5 Å². The molecule has 0 saturated heterocycles. The molecule has 1 atom stereocenters. The summed E-state index contributed by atoms with van der Waals surface area (Å²) < 4.78 is 5.20. The average molecular weight is 225 g/mol. The third-order valence-electron chi connectivity index (χ3n) is 2.05. The van der Waals surface area contributed by atoms with E-state index in [1.165, 1.54) is 0 Å². The highest BCUT2D eigenvalue weighted by Gasteiger charge is 2.08. The second-order valence-electron chi connectivity index (χ2n) is 3.30. The minimum absolute atomic E-state index is 0.280. The highest BCUT2D eigenvalue weighted by molar-refractivity contribution is 6.31. The standard InChI is InChI=1S/C11H13ClN2O/c1-7-4-11(15-3)10(5-9(7)12)14-8(2)6-13/h4-5,8,14H,1-3H3. The molecule has 0 saturated carbocycles. The first-order valence-electron chi connectivity index (χ1n) is 4.58. The van der Waals surface area contributed by atoms with Gasteiger partial charge in [-0.2, -0.15) is 5.26 Å². The van der Waals surface area contributed by atoms with Crippen LogP contribution in [0.4, 0.5) is 5.69 Å². The molecule has 1 aromatic carbocycles. The Morgan fingerprint density at radius 1 is 1.53 bits per heavy atom. The maximum Gasteiger partial charge on any atom is 0.142 e. The average Bonchev–Trinajstić information content (AvgIpc) is 2.22. The summed E-state index contributed by atoms with van der Waals surface area (Å²) >= 11 is 5.99. The van der Waals surface area contributed by atoms with E-state index in [1.54, 1.807) is 20.1 Å². The Hall–Kier alpha value is -1.40. The van der Waals surface area contributed by atoms with Gasteiger partial charge in [-0.1, -0.05) is 11.6 Å². The van der Waals surface area contributed by atoms with E-state index in [9.17, 15) is 0 Å². The lowest BCUT2D eigenvalue weighted by molar-refractivity contribution is 0.416. The van der Waals surface area contributed by atoms with Crippen molar-refractivity contribution < 1.29 is 4.74 Å². The Morgan fingerprint density at radius 2 is 2.20 bits per heavy atom. The van der Waals surface area contributed by atoms with Crippen LogP contribution < -0.4 is 10.1 Å². The Morgan fingerprint density at radius 3 is 2.73 bits per heavy atom. The van der Waals surface area contributed by atoms with E-state index in [4.69, 9.17) is 21.6 Å². The SMILES string of the molecule is COc1cc(C)c(Cl)cc1NC(C)C#N. The predicted molar refractivity (Wildman–Crippen MR) is 61.4 cm³/mol. The molecule has 0 aliphatic heterocycles. The zero-order valence-corrected chi connectivity index (χ0v) is 9.72. The number of nitriles is 1. The molecule has 0 spiro atoms. The molecule has 0 fully saturated rings. The van der Waals surface area contributed by atoms with Gasteiger partial charge in [0.05, 0.1) is 18.9 Å². The fraction of sp³-hybridized carbons (Fsp3) is 0.364. The Labute approximate surface area is 94.6 Å². The van der Waals surface area contributed by atoms with Crippen molar-refractivity contribution in [1.82, 2.24) is 0 Å². The number of rotatable bonds is 3. The van der Waals surface area contributed by atoms with Crippen molar-refractivity contribution >= 4 is 17.3 Å². The lowest BCUT2D eigenvalue weighted by Crippen LogP contribution is -2.12. The second-order valence-corrected chi connectivity index (χ2v) is 3.70. The third kappa shape index (κ3) is 2.77. The van der Waals surface area contributed by atoms with E-state index in [0.29, 0.717) is 10.8 Å². The quantitative estimate of drug-likeness (QED) is 0.859. The van der Waals surface area contributed by atoms with Crippen LogP contribution in [-0.2, 0) is 0 Å². The highest BCUT2D eigenvalue weighted by Crippen LogP contribution is 2.31. The Balaban J connectivity index is 3.06. The summed E-state index contributed by atoms with van der Waals surface area (Å²) in [7, 11) is 1.59. The van der Waals surface area contributed by atoms with E-state index in [0.717, 1.165) is 11.3 Å². The first kappa shape index (κ1) is 11.7. The Kier molecular flexibility index (Phi) is 3.81. The number of hydrogen-bond donors (Lipinski definition) is 1. The molecular formula is C11H13ClN2O. The van der Waals surface area contributed by atoms with Crippen molar-refractivity contribution in [2.24, 2.45) is 0 Å². The minimum atomic E-state index is -0.280. The normalized spacial score (nSPS) is 11.7. The van der Waals surface area contributed by atoms with E-state index in [-0.39, 0.29) is 6.04 Å². The van der Waals surface area contributed by atoms with Gasteiger partial charge in [0.15, 0.2) is 0 Å². The van der Waals surface area contributed by atoms with Crippen LogP contribution in [0, 0.1) is 18.3 Å². The fourth-order valence-corrected chi connectivity index (χ4v) is 1.37. The van der Waals surface area contributed by atoms with Crippen molar-refractivity contribution in [1.29, 1.82) is 5.26 Å². The predicted octanol–water partition coefficient (Wildman–Crippen LogP) is 2.98. The molecule has 0 aliphatic rings. The van der Waals surface area contributed by atoms with Crippen LogP contribution in [0.3, 0.4) is 0 Å². The van der Waals surface area contributed by atoms with Crippen LogP contribution in [0.25, 0.3) is 0 Å². The topological polar surface area (TPSA) is 45.0 Å². The molecule has 80 valence electrons. The zero-order chi connectivity index (χ0) is 11.4. The van der Waals surface area contributed by atoms with Gasteiger partial charge in [0.25, 0.3) is 0 Å². The maximum absolute atomic E-state index is 8.70. The van der Waals surface area contributed by atoms with Crippen molar-refractivity contribution in [2.45, 2.75) is 19.9 Å². The lowest BCUT2D eigenvalue weighted by Gasteiger charge is -2.14. The number of hydrogen-bond acceptors (Lipinski definition) is 3. The number of methoxy groups -OCH3 is 1. The summed E-state index contributed by atoms with van der Waals surface area (Å²) in [6, 6.07) is 5.42. The molecule has 3 nitrogen and oxygen atoms in total. The summed E-state index contributed by atoms with van der Waals surface area (Å²) in [4.78, 5) is 0. The van der Waals surface area contributed by atoms with Crippen LogP contribution in [0.1, 0.15) is 12.5 Å². The van der Waals surface area contributed by atoms with Gasteiger partial charge in [-0.15, -0.1) is 0 Å². The number of halogens is 1. The molecule has 1 unspecified atom stereocenters. The van der Waals surface area contributed by atoms with Gasteiger partial charge in [0, 0.05) is 5.02 Å². The number of anilines is 1. The lowest BCUT2D eigenvalue weighted by atomic mass is 10.2. The number of benzene rings is 1. The minimum Gasteiger partial charge on any atom is -0.495 e. The van der Waals surface area contributed by atoms with E-state index < -0.39 is 0 Å². The Bertz CT molecular complexity index is 398. The maximum atomic E-state index is 8.70. The largest absolute Gasteiger partial charge is 0.495 e. The van der Waals surface area contributed by atoms with Crippen LogP contribution in [-0.4, -0.2) is 13.2 Å². The number of ether oxygens (including phenoxy) is 1. The molecule has 0 aliphatic carbocycles. The second kappa shape index (κ2) is 4.90. The molecule has 1 rings (SSSR count). The molecule has 0 bridgehead atoms. The van der Waals surface area contributed by atoms with Gasteiger partial charge >= 0.3 is 0 Å². The number of nitrogens with one attached hydrogen (secondary N) is 1. The summed E-state index contributed by atoms with van der Waals surface area (Å²) in [5.41, 5.74) is 1.69. The van der Waals surface area contributed by atoms with Crippen molar-refractivity contribution in [2.75, 3.05) is 12.4 Å². The molecule has 15 heavy (non-hydrogen) atoms. The zero-order valence-electron chi connectivity index (χ0n) is 8.97. The fourth-order valence-electron chi connectivity index (χ4n) is 1.20. The summed E-state index contributed by atoms with van der Waals surface area (Å²) in [6.45, 7) is 3.68. The monoisotopic (exact) mass is 224 g/mol. The molecule has 1 N–H and O–H groups in total.